The number of aryl methyl sites for hydroxylation is 1. The lowest BCUT2D eigenvalue weighted by atomic mass is 10.1. The molecule has 0 saturated heterocycles. The Labute approximate surface area is 143 Å². The lowest BCUT2D eigenvalue weighted by Crippen LogP contribution is -2.30. The third-order valence-corrected chi connectivity index (χ3v) is 4.91. The van der Waals surface area contributed by atoms with Crippen LogP contribution in [0.25, 0.3) is 0 Å². The van der Waals surface area contributed by atoms with Crippen LogP contribution in [0.2, 0.25) is 0 Å². The summed E-state index contributed by atoms with van der Waals surface area (Å²) in [6.45, 7) is 1.92. The zero-order chi connectivity index (χ0) is 17.1. The Hall–Kier alpha value is -2.49. The number of nitrogens with zero attached hydrogens (tertiary/aromatic N) is 1. The molecule has 0 radical (unpaired) electrons. The van der Waals surface area contributed by atoms with E-state index in [0.29, 0.717) is 17.3 Å². The van der Waals surface area contributed by atoms with Gasteiger partial charge in [0.05, 0.1) is 11.4 Å². The Morgan fingerprint density at radius 1 is 1.17 bits per heavy atom. The first-order valence-corrected chi connectivity index (χ1v) is 8.55. The highest BCUT2D eigenvalue weighted by Crippen LogP contribution is 2.32. The monoisotopic (exact) mass is 323 g/mol. The maximum absolute atomic E-state index is 12.7. The van der Waals surface area contributed by atoms with Gasteiger partial charge in [0.25, 0.3) is 5.91 Å². The standard InChI is InChI=1S/C20H25N3O/c1-14-11-12-15(21)13-17(14)20(24)22-18-9-5-6-10-19(18)23(2)16-7-3-4-8-16/h5-6,9-13,16H,3-4,7-8,21H2,1-2H3,(H,22,24). The van der Waals surface area contributed by atoms with Gasteiger partial charge in [-0.25, -0.2) is 0 Å². The molecule has 2 aromatic rings. The van der Waals surface area contributed by atoms with Crippen molar-refractivity contribution in [3.63, 3.8) is 0 Å². The van der Waals surface area contributed by atoms with Crippen molar-refractivity contribution in [1.29, 1.82) is 0 Å². The summed E-state index contributed by atoms with van der Waals surface area (Å²) in [5, 5.41) is 3.06. The van der Waals surface area contributed by atoms with E-state index in [-0.39, 0.29) is 5.91 Å². The van der Waals surface area contributed by atoms with Gasteiger partial charge in [-0.15, -0.1) is 0 Å². The molecule has 1 fully saturated rings. The van der Waals surface area contributed by atoms with Gasteiger partial charge < -0.3 is 16.0 Å². The Morgan fingerprint density at radius 2 is 1.88 bits per heavy atom. The van der Waals surface area contributed by atoms with Crippen LogP contribution < -0.4 is 16.0 Å². The van der Waals surface area contributed by atoms with Crippen molar-refractivity contribution < 1.29 is 4.79 Å². The van der Waals surface area contributed by atoms with Gasteiger partial charge in [-0.2, -0.15) is 0 Å². The van der Waals surface area contributed by atoms with Gasteiger partial charge in [0.2, 0.25) is 0 Å². The number of nitrogens with one attached hydrogen (secondary N) is 1. The zero-order valence-electron chi connectivity index (χ0n) is 14.4. The highest BCUT2D eigenvalue weighted by Gasteiger charge is 2.22. The van der Waals surface area contributed by atoms with Crippen molar-refractivity contribution in [3.05, 3.63) is 53.6 Å². The molecule has 1 saturated carbocycles. The topological polar surface area (TPSA) is 58.4 Å². The second-order valence-corrected chi connectivity index (χ2v) is 6.59. The third-order valence-electron chi connectivity index (χ3n) is 4.91. The van der Waals surface area contributed by atoms with Crippen molar-refractivity contribution in [2.24, 2.45) is 0 Å². The summed E-state index contributed by atoms with van der Waals surface area (Å²) in [5.41, 5.74) is 9.88. The van der Waals surface area contributed by atoms with Crippen molar-refractivity contribution in [1.82, 2.24) is 0 Å². The van der Waals surface area contributed by atoms with Crippen molar-refractivity contribution >= 4 is 23.0 Å². The number of hydrogen-bond acceptors (Lipinski definition) is 3. The summed E-state index contributed by atoms with van der Waals surface area (Å²) in [6.07, 6.45) is 5.00. The molecular formula is C20H25N3O. The maximum Gasteiger partial charge on any atom is 0.256 e. The highest BCUT2D eigenvalue weighted by molar-refractivity contribution is 6.07. The Balaban J connectivity index is 1.85. The normalized spacial score (nSPS) is 14.6. The first kappa shape index (κ1) is 16.4. The number of para-hydroxylation sites is 2. The number of hydrogen-bond donors (Lipinski definition) is 2. The van der Waals surface area contributed by atoms with Gasteiger partial charge in [-0.05, 0) is 49.6 Å². The number of carbonyl (C=O) groups is 1. The molecule has 0 unspecified atom stereocenters. The van der Waals surface area contributed by atoms with E-state index in [1.807, 2.05) is 37.3 Å². The molecule has 0 heterocycles. The lowest BCUT2D eigenvalue weighted by Gasteiger charge is -2.28. The molecule has 0 spiro atoms. The Kier molecular flexibility index (Phi) is 4.74. The fraction of sp³-hybridized carbons (Fsp3) is 0.350. The minimum absolute atomic E-state index is 0.118. The summed E-state index contributed by atoms with van der Waals surface area (Å²) in [7, 11) is 2.12. The summed E-state index contributed by atoms with van der Waals surface area (Å²) in [4.78, 5) is 15.0. The van der Waals surface area contributed by atoms with Gasteiger partial charge in [0.15, 0.2) is 0 Å². The highest BCUT2D eigenvalue weighted by atomic mass is 16.1. The average molecular weight is 323 g/mol. The van der Waals surface area contributed by atoms with E-state index in [1.165, 1.54) is 25.7 Å². The SMILES string of the molecule is Cc1ccc(N)cc1C(=O)Nc1ccccc1N(C)C1CCCC1. The molecule has 0 aliphatic heterocycles. The van der Waals surface area contributed by atoms with Crippen LogP contribution in [-0.4, -0.2) is 19.0 Å². The maximum atomic E-state index is 12.7. The van der Waals surface area contributed by atoms with Gasteiger partial charge >= 0.3 is 0 Å². The predicted octanol–water partition coefficient (Wildman–Crippen LogP) is 4.21. The van der Waals surface area contributed by atoms with Gasteiger partial charge in [-0.3, -0.25) is 4.79 Å². The van der Waals surface area contributed by atoms with Crippen LogP contribution in [0.5, 0.6) is 0 Å². The second kappa shape index (κ2) is 6.95. The fourth-order valence-electron chi connectivity index (χ4n) is 3.45. The number of benzene rings is 2. The first-order valence-electron chi connectivity index (χ1n) is 8.55. The van der Waals surface area contributed by atoms with E-state index in [9.17, 15) is 4.79 Å². The summed E-state index contributed by atoms with van der Waals surface area (Å²) in [5.74, 6) is -0.118. The zero-order valence-corrected chi connectivity index (χ0v) is 14.4. The quantitative estimate of drug-likeness (QED) is 0.829. The molecule has 0 bridgehead atoms. The molecule has 24 heavy (non-hydrogen) atoms. The van der Waals surface area contributed by atoms with E-state index in [4.69, 9.17) is 5.73 Å². The molecule has 0 atom stereocenters. The molecule has 0 aromatic heterocycles. The lowest BCUT2D eigenvalue weighted by molar-refractivity contribution is 0.102. The molecule has 2 aromatic carbocycles. The molecule has 1 aliphatic carbocycles. The molecule has 3 rings (SSSR count). The molecule has 3 N–H and O–H groups in total. The van der Waals surface area contributed by atoms with Crippen LogP contribution in [0.1, 0.15) is 41.6 Å². The Morgan fingerprint density at radius 3 is 2.62 bits per heavy atom. The number of nitrogen functional groups attached to an aromatic ring is 1. The van der Waals surface area contributed by atoms with Crippen LogP contribution in [0.15, 0.2) is 42.5 Å². The van der Waals surface area contributed by atoms with E-state index in [1.54, 1.807) is 6.07 Å². The fourth-order valence-corrected chi connectivity index (χ4v) is 3.45. The molecule has 126 valence electrons. The van der Waals surface area contributed by atoms with Gasteiger partial charge in [0, 0.05) is 24.3 Å². The second-order valence-electron chi connectivity index (χ2n) is 6.59. The first-order chi connectivity index (χ1) is 11.6. The predicted molar refractivity (Wildman–Crippen MR) is 101 cm³/mol. The van der Waals surface area contributed by atoms with Crippen molar-refractivity contribution in [3.8, 4) is 0 Å². The van der Waals surface area contributed by atoms with E-state index < -0.39 is 0 Å². The van der Waals surface area contributed by atoms with Crippen LogP contribution >= 0.6 is 0 Å². The minimum Gasteiger partial charge on any atom is -0.399 e. The van der Waals surface area contributed by atoms with Gasteiger partial charge in [0.1, 0.15) is 0 Å². The van der Waals surface area contributed by atoms with Crippen molar-refractivity contribution in [2.75, 3.05) is 23.0 Å². The summed E-state index contributed by atoms with van der Waals surface area (Å²) in [6, 6.07) is 14.0. The number of nitrogens with two attached hydrogens (primary N) is 1. The molecule has 1 amide bonds. The third kappa shape index (κ3) is 3.37. The van der Waals surface area contributed by atoms with E-state index in [2.05, 4.69) is 23.3 Å². The van der Waals surface area contributed by atoms with Crippen LogP contribution in [0.3, 0.4) is 0 Å². The number of amides is 1. The van der Waals surface area contributed by atoms with Crippen LogP contribution in [-0.2, 0) is 0 Å². The number of rotatable bonds is 4. The average Bonchev–Trinajstić information content (AvgIpc) is 3.11. The van der Waals surface area contributed by atoms with Crippen LogP contribution in [0, 0.1) is 6.92 Å². The Bertz CT molecular complexity index is 735. The van der Waals surface area contributed by atoms with E-state index >= 15 is 0 Å². The molecule has 1 aliphatic rings. The van der Waals surface area contributed by atoms with Crippen molar-refractivity contribution in [2.45, 2.75) is 38.6 Å². The minimum atomic E-state index is -0.118. The smallest absolute Gasteiger partial charge is 0.256 e. The van der Waals surface area contributed by atoms with Gasteiger partial charge in [-0.1, -0.05) is 31.0 Å². The van der Waals surface area contributed by atoms with E-state index in [0.717, 1.165) is 16.9 Å². The summed E-state index contributed by atoms with van der Waals surface area (Å²) < 4.78 is 0. The summed E-state index contributed by atoms with van der Waals surface area (Å²) >= 11 is 0. The largest absolute Gasteiger partial charge is 0.399 e. The number of anilines is 3. The molecule has 4 nitrogen and oxygen atoms in total. The van der Waals surface area contributed by atoms with Crippen LogP contribution in [0.4, 0.5) is 17.1 Å². The number of carbonyl (C=O) groups excluding carboxylic acids is 1. The molecular weight excluding hydrogens is 298 g/mol. The molecule has 4 heteroatoms.